The molecule has 55 heavy (non-hydrogen) atoms. The summed E-state index contributed by atoms with van der Waals surface area (Å²) in [6, 6.07) is 64.7. The maximum Gasteiger partial charge on any atom is 0.227 e. The van der Waals surface area contributed by atoms with E-state index in [1.165, 1.54) is 27.1 Å². The average Bonchev–Trinajstić information content (AvgIpc) is 3.56. The van der Waals surface area contributed by atoms with Crippen LogP contribution >= 0.6 is 0 Å². The van der Waals surface area contributed by atoms with Crippen molar-refractivity contribution in [2.45, 2.75) is 6.42 Å². The average molecular weight is 705 g/mol. The SMILES string of the molecule is C1=CCC=c2cccc(-c3cccc(N(c4ccccc4-c4ccccc4)c4ccccc4-c4ccc5c(ccc6oc(-c7ccccc7)nc65)c4)c3)c2=C1. The summed E-state index contributed by atoms with van der Waals surface area (Å²) in [5.41, 5.74) is 12.9. The number of aromatic nitrogens is 1. The van der Waals surface area contributed by atoms with Crippen molar-refractivity contribution in [3.63, 3.8) is 0 Å². The molecule has 0 aliphatic heterocycles. The first-order chi connectivity index (χ1) is 27.3. The fourth-order valence-electron chi connectivity index (χ4n) is 7.89. The van der Waals surface area contributed by atoms with Gasteiger partial charge >= 0.3 is 0 Å². The molecular formula is C52H36N2O. The second-order valence-electron chi connectivity index (χ2n) is 13.9. The number of para-hydroxylation sites is 2. The fourth-order valence-corrected chi connectivity index (χ4v) is 7.89. The van der Waals surface area contributed by atoms with Crippen LogP contribution in [0.15, 0.2) is 199 Å². The van der Waals surface area contributed by atoms with Crippen molar-refractivity contribution < 1.29 is 4.42 Å². The molecule has 0 amide bonds. The Morgan fingerprint density at radius 1 is 0.509 bits per heavy atom. The summed E-state index contributed by atoms with van der Waals surface area (Å²) in [6.07, 6.45) is 9.87. The predicted octanol–water partition coefficient (Wildman–Crippen LogP) is 12.6. The smallest absolute Gasteiger partial charge is 0.227 e. The Morgan fingerprint density at radius 3 is 1.96 bits per heavy atom. The maximum atomic E-state index is 6.23. The van der Waals surface area contributed by atoms with Gasteiger partial charge in [0.25, 0.3) is 0 Å². The molecule has 0 unspecified atom stereocenters. The fraction of sp³-hybridized carbons (Fsp3) is 0.0192. The van der Waals surface area contributed by atoms with Crippen molar-refractivity contribution in [2.24, 2.45) is 0 Å². The number of hydrogen-bond donors (Lipinski definition) is 0. The molecule has 9 aromatic rings. The lowest BCUT2D eigenvalue weighted by molar-refractivity contribution is 0.620. The van der Waals surface area contributed by atoms with Gasteiger partial charge in [-0.25, -0.2) is 4.98 Å². The number of nitrogens with zero attached hydrogens (tertiary/aromatic N) is 2. The van der Waals surface area contributed by atoms with E-state index in [0.717, 1.165) is 67.6 Å². The molecule has 0 atom stereocenters. The highest BCUT2D eigenvalue weighted by molar-refractivity contribution is 6.06. The van der Waals surface area contributed by atoms with E-state index in [4.69, 9.17) is 9.40 Å². The monoisotopic (exact) mass is 704 g/mol. The molecule has 0 radical (unpaired) electrons. The summed E-state index contributed by atoms with van der Waals surface area (Å²) in [5.74, 6) is 0.631. The number of rotatable bonds is 7. The highest BCUT2D eigenvalue weighted by atomic mass is 16.3. The standard InChI is InChI=1S/C52H36N2O/c1-4-17-37(18-5-1)45-25-10-12-28-48(45)54(42-23-14-22-39(35-42)44-27-15-21-36-16-6-3-9-24-43(36)44)49-29-13-11-26-46(49)40-30-32-47-41(34-40)31-33-50-51(47)53-52(55-50)38-19-7-2-8-20-38/h1-5,7-35H,6H2. The molecule has 0 bridgehead atoms. The molecule has 1 aromatic heterocycles. The van der Waals surface area contributed by atoms with Crippen LogP contribution in [0.25, 0.3) is 78.9 Å². The lowest BCUT2D eigenvalue weighted by atomic mass is 9.96. The van der Waals surface area contributed by atoms with Gasteiger partial charge < -0.3 is 9.32 Å². The van der Waals surface area contributed by atoms with Crippen LogP contribution in [-0.4, -0.2) is 4.98 Å². The summed E-state index contributed by atoms with van der Waals surface area (Å²) in [6.45, 7) is 0. The van der Waals surface area contributed by atoms with E-state index in [1.807, 2.05) is 36.4 Å². The second kappa shape index (κ2) is 14.0. The van der Waals surface area contributed by atoms with E-state index in [2.05, 4.69) is 175 Å². The Morgan fingerprint density at radius 2 is 1.16 bits per heavy atom. The third-order valence-electron chi connectivity index (χ3n) is 10.5. The van der Waals surface area contributed by atoms with Gasteiger partial charge in [0.05, 0.1) is 11.4 Å². The van der Waals surface area contributed by atoms with Crippen LogP contribution < -0.4 is 15.3 Å². The second-order valence-corrected chi connectivity index (χ2v) is 13.9. The van der Waals surface area contributed by atoms with Gasteiger partial charge in [0.2, 0.25) is 5.89 Å². The third kappa shape index (κ3) is 6.02. The van der Waals surface area contributed by atoms with Crippen molar-refractivity contribution in [2.75, 3.05) is 4.90 Å². The first-order valence-corrected chi connectivity index (χ1v) is 18.8. The maximum absolute atomic E-state index is 6.23. The summed E-state index contributed by atoms with van der Waals surface area (Å²) in [4.78, 5) is 7.39. The van der Waals surface area contributed by atoms with Crippen molar-refractivity contribution in [3.8, 4) is 44.8 Å². The normalized spacial score (nSPS) is 12.1. The van der Waals surface area contributed by atoms with Gasteiger partial charge in [-0.2, -0.15) is 0 Å². The Kier molecular flexibility index (Phi) is 8.23. The van der Waals surface area contributed by atoms with E-state index < -0.39 is 0 Å². The molecule has 0 saturated heterocycles. The zero-order valence-corrected chi connectivity index (χ0v) is 30.1. The zero-order chi connectivity index (χ0) is 36.6. The Bertz CT molecular complexity index is 3010. The number of oxazole rings is 1. The number of allylic oxidation sites excluding steroid dienone is 2. The Labute approximate surface area is 320 Å². The minimum Gasteiger partial charge on any atom is -0.436 e. The molecule has 0 spiro atoms. The molecule has 3 nitrogen and oxygen atoms in total. The first kappa shape index (κ1) is 32.4. The Hall–Kier alpha value is -7.23. The molecular weight excluding hydrogens is 669 g/mol. The van der Waals surface area contributed by atoms with E-state index in [1.54, 1.807) is 0 Å². The molecule has 0 fully saturated rings. The molecule has 260 valence electrons. The number of hydrogen-bond acceptors (Lipinski definition) is 3. The van der Waals surface area contributed by atoms with Crippen LogP contribution in [0.3, 0.4) is 0 Å². The van der Waals surface area contributed by atoms with Crippen LogP contribution in [0.1, 0.15) is 6.42 Å². The van der Waals surface area contributed by atoms with Gasteiger partial charge in [0.15, 0.2) is 5.58 Å². The van der Waals surface area contributed by atoms with Gasteiger partial charge in [-0.05, 0) is 93.0 Å². The summed E-state index contributed by atoms with van der Waals surface area (Å²) >= 11 is 0. The minimum atomic E-state index is 0.631. The predicted molar refractivity (Wildman–Crippen MR) is 230 cm³/mol. The topological polar surface area (TPSA) is 29.3 Å². The number of benzene rings is 8. The van der Waals surface area contributed by atoms with Crippen molar-refractivity contribution in [1.29, 1.82) is 0 Å². The van der Waals surface area contributed by atoms with Crippen LogP contribution in [0.2, 0.25) is 0 Å². The molecule has 3 heteroatoms. The molecule has 1 aliphatic rings. The summed E-state index contributed by atoms with van der Waals surface area (Å²) in [5, 5.41) is 4.69. The quantitative estimate of drug-likeness (QED) is 0.165. The first-order valence-electron chi connectivity index (χ1n) is 18.8. The van der Waals surface area contributed by atoms with Crippen molar-refractivity contribution in [1.82, 2.24) is 4.98 Å². The van der Waals surface area contributed by atoms with Crippen LogP contribution in [0, 0.1) is 0 Å². The van der Waals surface area contributed by atoms with E-state index in [-0.39, 0.29) is 0 Å². The molecule has 10 rings (SSSR count). The lowest BCUT2D eigenvalue weighted by Gasteiger charge is -2.30. The molecule has 0 saturated carbocycles. The van der Waals surface area contributed by atoms with Gasteiger partial charge in [-0.15, -0.1) is 0 Å². The molecule has 0 N–H and O–H groups in total. The van der Waals surface area contributed by atoms with E-state index >= 15 is 0 Å². The highest BCUT2D eigenvalue weighted by Crippen LogP contribution is 2.45. The van der Waals surface area contributed by atoms with E-state index in [9.17, 15) is 0 Å². The van der Waals surface area contributed by atoms with Crippen molar-refractivity contribution in [3.05, 3.63) is 205 Å². The summed E-state index contributed by atoms with van der Waals surface area (Å²) in [7, 11) is 0. The van der Waals surface area contributed by atoms with Gasteiger partial charge in [0, 0.05) is 27.8 Å². The Balaban J connectivity index is 1.16. The molecule has 8 aromatic carbocycles. The largest absolute Gasteiger partial charge is 0.436 e. The lowest BCUT2D eigenvalue weighted by Crippen LogP contribution is -2.25. The van der Waals surface area contributed by atoms with Crippen LogP contribution in [-0.2, 0) is 0 Å². The van der Waals surface area contributed by atoms with E-state index in [0.29, 0.717) is 5.89 Å². The van der Waals surface area contributed by atoms with Gasteiger partial charge in [0.1, 0.15) is 5.52 Å². The number of anilines is 3. The minimum absolute atomic E-state index is 0.631. The molecule has 1 aliphatic carbocycles. The number of fused-ring (bicyclic) bond motifs is 4. The van der Waals surface area contributed by atoms with Crippen LogP contribution in [0.4, 0.5) is 17.1 Å². The zero-order valence-electron chi connectivity index (χ0n) is 30.1. The van der Waals surface area contributed by atoms with Crippen LogP contribution in [0.5, 0.6) is 0 Å². The van der Waals surface area contributed by atoms with Gasteiger partial charge in [-0.1, -0.05) is 158 Å². The highest BCUT2D eigenvalue weighted by Gasteiger charge is 2.21. The van der Waals surface area contributed by atoms with Gasteiger partial charge in [-0.3, -0.25) is 0 Å². The summed E-state index contributed by atoms with van der Waals surface area (Å²) < 4.78 is 6.23. The molecule has 1 heterocycles. The third-order valence-corrected chi connectivity index (χ3v) is 10.5. The van der Waals surface area contributed by atoms with Crippen molar-refractivity contribution >= 4 is 51.1 Å².